The van der Waals surface area contributed by atoms with Gasteiger partial charge < -0.3 is 15.0 Å². The summed E-state index contributed by atoms with van der Waals surface area (Å²) in [5, 5.41) is 4.57. The molecule has 2 heterocycles. The summed E-state index contributed by atoms with van der Waals surface area (Å²) in [6, 6.07) is 19.0. The van der Waals surface area contributed by atoms with Crippen molar-refractivity contribution in [2.24, 2.45) is 0 Å². The first kappa shape index (κ1) is 23.7. The van der Waals surface area contributed by atoms with Crippen LogP contribution in [0, 0.1) is 13.8 Å². The Morgan fingerprint density at radius 2 is 1.73 bits per heavy atom. The van der Waals surface area contributed by atoms with E-state index >= 15 is 0 Å². The van der Waals surface area contributed by atoms with Crippen molar-refractivity contribution < 1.29 is 4.74 Å². The van der Waals surface area contributed by atoms with E-state index in [-0.39, 0.29) is 24.8 Å². The minimum atomic E-state index is 0. The van der Waals surface area contributed by atoms with Crippen LogP contribution in [0.1, 0.15) is 16.8 Å². The van der Waals surface area contributed by atoms with Crippen molar-refractivity contribution in [1.29, 1.82) is 0 Å². The number of H-pyrrole nitrogens is 1. The Balaban J connectivity index is 0.00000160. The van der Waals surface area contributed by atoms with Crippen LogP contribution in [-0.4, -0.2) is 23.1 Å². The average Bonchev–Trinajstić information content (AvgIpc) is 3.09. The van der Waals surface area contributed by atoms with Crippen LogP contribution in [0.15, 0.2) is 67.0 Å². The van der Waals surface area contributed by atoms with Crippen LogP contribution in [0.4, 0.5) is 0 Å². The highest BCUT2D eigenvalue weighted by atomic mass is 35.5. The summed E-state index contributed by atoms with van der Waals surface area (Å²) < 4.78 is 5.98. The summed E-state index contributed by atoms with van der Waals surface area (Å²) in [6.45, 7) is 6.32. The maximum absolute atomic E-state index is 5.98. The second-order valence-electron chi connectivity index (χ2n) is 7.14. The molecule has 0 radical (unpaired) electrons. The number of nitrogens with zero attached hydrogens (tertiary/aromatic N) is 1. The van der Waals surface area contributed by atoms with E-state index < -0.39 is 0 Å². The van der Waals surface area contributed by atoms with Gasteiger partial charge in [0.25, 0.3) is 0 Å². The van der Waals surface area contributed by atoms with Crippen molar-refractivity contribution in [2.75, 3.05) is 13.2 Å². The topological polar surface area (TPSA) is 49.9 Å². The zero-order valence-corrected chi connectivity index (χ0v) is 18.8. The first-order valence-electron chi connectivity index (χ1n) is 9.62. The molecule has 0 saturated heterocycles. The zero-order valence-electron chi connectivity index (χ0n) is 17.1. The molecule has 6 heteroatoms. The van der Waals surface area contributed by atoms with E-state index in [2.05, 4.69) is 71.6 Å². The molecule has 4 aromatic rings. The van der Waals surface area contributed by atoms with Gasteiger partial charge >= 0.3 is 0 Å². The number of aryl methyl sites for hydroxylation is 2. The normalized spacial score (nSPS) is 10.3. The number of hydrogen-bond acceptors (Lipinski definition) is 3. The largest absolute Gasteiger partial charge is 0.492 e. The third kappa shape index (κ3) is 5.76. The molecular weight excluding hydrogens is 417 g/mol. The fraction of sp³-hybridized carbons (Fsp3) is 0.208. The van der Waals surface area contributed by atoms with Gasteiger partial charge in [0.15, 0.2) is 0 Å². The molecule has 0 aliphatic heterocycles. The molecule has 2 N–H and O–H groups in total. The number of rotatable bonds is 7. The molecule has 0 aliphatic rings. The minimum absolute atomic E-state index is 0. The average molecular weight is 444 g/mol. The standard InChI is InChI=1S/C24H25N3O.2ClH/c1-17-6-8-20(9-7-17)21-13-19(15-26-16-21)14-25-10-11-28-24-5-3-4-23-22(24)12-18(2)27-23;;/h3-9,12-13,15-16,25,27H,10-11,14H2,1-2H3;2*1H. The first-order chi connectivity index (χ1) is 13.7. The highest BCUT2D eigenvalue weighted by molar-refractivity contribution is 5.86. The van der Waals surface area contributed by atoms with Crippen LogP contribution >= 0.6 is 24.8 Å². The van der Waals surface area contributed by atoms with Crippen LogP contribution in [0.25, 0.3) is 22.0 Å². The molecule has 0 unspecified atom stereocenters. The van der Waals surface area contributed by atoms with E-state index in [1.54, 1.807) is 0 Å². The Morgan fingerprint density at radius 1 is 0.933 bits per heavy atom. The Morgan fingerprint density at radius 3 is 2.53 bits per heavy atom. The smallest absolute Gasteiger partial charge is 0.128 e. The maximum Gasteiger partial charge on any atom is 0.128 e. The van der Waals surface area contributed by atoms with Gasteiger partial charge in [-0.2, -0.15) is 0 Å². The van der Waals surface area contributed by atoms with Gasteiger partial charge in [0.2, 0.25) is 0 Å². The van der Waals surface area contributed by atoms with E-state index in [0.29, 0.717) is 6.61 Å². The number of aromatic amines is 1. The van der Waals surface area contributed by atoms with Crippen LogP contribution in [0.2, 0.25) is 0 Å². The molecule has 0 spiro atoms. The summed E-state index contributed by atoms with van der Waals surface area (Å²) in [6.07, 6.45) is 3.83. The number of fused-ring (bicyclic) bond motifs is 1. The Hall–Kier alpha value is -2.53. The molecule has 4 rings (SSSR count). The summed E-state index contributed by atoms with van der Waals surface area (Å²) >= 11 is 0. The molecule has 0 saturated carbocycles. The van der Waals surface area contributed by atoms with Gasteiger partial charge in [-0.05, 0) is 49.2 Å². The minimum Gasteiger partial charge on any atom is -0.492 e. The molecule has 0 bridgehead atoms. The number of nitrogens with one attached hydrogen (secondary N) is 2. The van der Waals surface area contributed by atoms with E-state index in [9.17, 15) is 0 Å². The van der Waals surface area contributed by atoms with Gasteiger partial charge in [-0.3, -0.25) is 4.98 Å². The Labute approximate surface area is 189 Å². The van der Waals surface area contributed by atoms with Crippen molar-refractivity contribution in [2.45, 2.75) is 20.4 Å². The zero-order chi connectivity index (χ0) is 19.3. The number of halogens is 2. The van der Waals surface area contributed by atoms with Crippen LogP contribution in [0.5, 0.6) is 5.75 Å². The fourth-order valence-corrected chi connectivity index (χ4v) is 3.35. The van der Waals surface area contributed by atoms with Gasteiger partial charge in [0, 0.05) is 47.6 Å². The molecule has 30 heavy (non-hydrogen) atoms. The van der Waals surface area contributed by atoms with Crippen LogP contribution in [-0.2, 0) is 6.54 Å². The number of aromatic nitrogens is 2. The summed E-state index contributed by atoms with van der Waals surface area (Å²) in [5.41, 5.74) is 7.02. The fourth-order valence-electron chi connectivity index (χ4n) is 3.35. The van der Waals surface area contributed by atoms with E-state index in [4.69, 9.17) is 4.74 Å². The van der Waals surface area contributed by atoms with Crippen molar-refractivity contribution >= 4 is 35.7 Å². The van der Waals surface area contributed by atoms with Gasteiger partial charge in [0.1, 0.15) is 12.4 Å². The van der Waals surface area contributed by atoms with E-state index in [0.717, 1.165) is 41.0 Å². The number of pyridine rings is 1. The quantitative estimate of drug-likeness (QED) is 0.351. The monoisotopic (exact) mass is 443 g/mol. The molecular formula is C24H27Cl2N3O. The Bertz CT molecular complexity index is 1080. The molecule has 4 nitrogen and oxygen atoms in total. The summed E-state index contributed by atoms with van der Waals surface area (Å²) in [7, 11) is 0. The molecule has 0 amide bonds. The van der Waals surface area contributed by atoms with Crippen molar-refractivity contribution in [3.8, 4) is 16.9 Å². The molecule has 2 aromatic heterocycles. The van der Waals surface area contributed by atoms with Gasteiger partial charge in [0.05, 0.1) is 0 Å². The van der Waals surface area contributed by atoms with Crippen LogP contribution in [0.3, 0.4) is 0 Å². The second kappa shape index (κ2) is 11.0. The number of benzene rings is 2. The van der Waals surface area contributed by atoms with Crippen molar-refractivity contribution in [3.05, 3.63) is 83.8 Å². The molecule has 0 atom stereocenters. The third-order valence-corrected chi connectivity index (χ3v) is 4.80. The SMILES string of the molecule is Cc1ccc(-c2cncc(CNCCOc3cccc4[nH]c(C)cc34)c2)cc1.Cl.Cl. The summed E-state index contributed by atoms with van der Waals surface area (Å²) in [5.74, 6) is 0.923. The molecule has 0 aliphatic carbocycles. The molecule has 0 fully saturated rings. The lowest BCUT2D eigenvalue weighted by molar-refractivity contribution is 0.317. The predicted octanol–water partition coefficient (Wildman–Crippen LogP) is 5.86. The van der Waals surface area contributed by atoms with Gasteiger partial charge in [-0.1, -0.05) is 35.9 Å². The Kier molecular flexibility index (Phi) is 8.72. The second-order valence-corrected chi connectivity index (χ2v) is 7.14. The van der Waals surface area contributed by atoms with Gasteiger partial charge in [-0.15, -0.1) is 24.8 Å². The highest BCUT2D eigenvalue weighted by Crippen LogP contribution is 2.26. The highest BCUT2D eigenvalue weighted by Gasteiger charge is 2.04. The number of hydrogen-bond donors (Lipinski definition) is 2. The van der Waals surface area contributed by atoms with Crippen LogP contribution < -0.4 is 10.1 Å². The lowest BCUT2D eigenvalue weighted by Crippen LogP contribution is -2.20. The first-order valence-corrected chi connectivity index (χ1v) is 9.62. The summed E-state index contributed by atoms with van der Waals surface area (Å²) in [4.78, 5) is 7.73. The third-order valence-electron chi connectivity index (χ3n) is 4.80. The van der Waals surface area contributed by atoms with E-state index in [1.165, 1.54) is 16.7 Å². The molecule has 2 aromatic carbocycles. The van der Waals surface area contributed by atoms with Crippen molar-refractivity contribution in [3.63, 3.8) is 0 Å². The number of ether oxygens (including phenoxy) is 1. The maximum atomic E-state index is 5.98. The predicted molar refractivity (Wildman–Crippen MR) is 129 cm³/mol. The lowest BCUT2D eigenvalue weighted by Gasteiger charge is -2.09. The molecule has 158 valence electrons. The van der Waals surface area contributed by atoms with Gasteiger partial charge in [-0.25, -0.2) is 0 Å². The van der Waals surface area contributed by atoms with E-state index in [1.807, 2.05) is 24.5 Å². The van der Waals surface area contributed by atoms with Crippen molar-refractivity contribution in [1.82, 2.24) is 15.3 Å². The lowest BCUT2D eigenvalue weighted by atomic mass is 10.0.